The van der Waals surface area contributed by atoms with Gasteiger partial charge in [0.15, 0.2) is 10.7 Å². The van der Waals surface area contributed by atoms with E-state index in [1.165, 1.54) is 0 Å². The summed E-state index contributed by atoms with van der Waals surface area (Å²) in [5.41, 5.74) is 0.906. The van der Waals surface area contributed by atoms with Crippen molar-refractivity contribution in [1.29, 1.82) is 0 Å². The Kier molecular flexibility index (Phi) is 3.12. The van der Waals surface area contributed by atoms with Crippen molar-refractivity contribution in [3.8, 4) is 5.88 Å². The van der Waals surface area contributed by atoms with Gasteiger partial charge in [0.25, 0.3) is 5.56 Å². The Labute approximate surface area is 119 Å². The fourth-order valence-corrected chi connectivity index (χ4v) is 2.49. The topological polar surface area (TPSA) is 68.9 Å². The van der Waals surface area contributed by atoms with Gasteiger partial charge in [-0.1, -0.05) is 42.5 Å². The third-order valence-corrected chi connectivity index (χ3v) is 3.47. The molecule has 0 saturated heterocycles. The molecule has 2 aromatic carbocycles. The fraction of sp³-hybridized carbons (Fsp3) is 0.0667. The molecule has 0 unspecified atom stereocenters. The Balaban J connectivity index is 2.15. The molecule has 0 radical (unpaired) electrons. The number of hydrogen-bond acceptors (Lipinski definition) is 3. The summed E-state index contributed by atoms with van der Waals surface area (Å²) in [6.07, 6.45) is 0.342. The summed E-state index contributed by atoms with van der Waals surface area (Å²) >= 11 is 4.82. The molecule has 0 saturated carbocycles. The second kappa shape index (κ2) is 4.94. The molecule has 0 aliphatic rings. The van der Waals surface area contributed by atoms with Gasteiger partial charge in [-0.15, -0.1) is 0 Å². The highest BCUT2D eigenvalue weighted by Gasteiger charge is 2.10. The summed E-state index contributed by atoms with van der Waals surface area (Å²) in [5, 5.41) is 12.0. The van der Waals surface area contributed by atoms with Crippen LogP contribution in [0.25, 0.3) is 10.8 Å². The van der Waals surface area contributed by atoms with Gasteiger partial charge in [-0.25, -0.2) is 0 Å². The zero-order valence-corrected chi connectivity index (χ0v) is 11.3. The first-order chi connectivity index (χ1) is 9.65. The third kappa shape index (κ3) is 2.23. The number of H-pyrrole nitrogens is 2. The molecule has 0 bridgehead atoms. The van der Waals surface area contributed by atoms with Crippen LogP contribution in [0.1, 0.15) is 11.1 Å². The maximum atomic E-state index is 11.9. The molecule has 0 aliphatic carbocycles. The minimum Gasteiger partial charge on any atom is -0.494 e. The van der Waals surface area contributed by atoms with E-state index in [1.54, 1.807) is 0 Å². The SMILES string of the molecule is O=c1[nH]c(=S)[nH]c(O)c1Cc1cccc2ccccc12. The fourth-order valence-electron chi connectivity index (χ4n) is 2.30. The highest BCUT2D eigenvalue weighted by molar-refractivity contribution is 7.71. The maximum absolute atomic E-state index is 11.9. The summed E-state index contributed by atoms with van der Waals surface area (Å²) in [7, 11) is 0. The Bertz CT molecular complexity index is 891. The van der Waals surface area contributed by atoms with Gasteiger partial charge in [0.2, 0.25) is 0 Å². The second-order valence-electron chi connectivity index (χ2n) is 4.55. The number of aromatic nitrogens is 2. The first kappa shape index (κ1) is 12.6. The first-order valence-electron chi connectivity index (χ1n) is 6.16. The molecule has 3 aromatic rings. The number of fused-ring (bicyclic) bond motifs is 1. The molecule has 0 fully saturated rings. The molecule has 4 nitrogen and oxygen atoms in total. The highest BCUT2D eigenvalue weighted by atomic mass is 32.1. The van der Waals surface area contributed by atoms with Crippen molar-refractivity contribution in [3.63, 3.8) is 0 Å². The van der Waals surface area contributed by atoms with Crippen LogP contribution in [0.5, 0.6) is 5.88 Å². The third-order valence-electron chi connectivity index (χ3n) is 3.27. The predicted octanol–water partition coefficient (Wildman–Crippen LogP) is 2.88. The predicted molar refractivity (Wildman–Crippen MR) is 80.7 cm³/mol. The molecule has 3 rings (SSSR count). The van der Waals surface area contributed by atoms with E-state index < -0.39 is 0 Å². The standard InChI is InChI=1S/C15H12N2O2S/c18-13-12(14(19)17-15(20)16-13)8-10-6-3-5-9-4-1-2-7-11(9)10/h1-7H,8H2,(H3,16,17,18,19,20). The Morgan fingerprint density at radius 3 is 2.60 bits per heavy atom. The van der Waals surface area contributed by atoms with Crippen LogP contribution in [0.3, 0.4) is 0 Å². The number of aromatic amines is 2. The number of rotatable bonds is 2. The van der Waals surface area contributed by atoms with Crippen LogP contribution in [0.15, 0.2) is 47.3 Å². The van der Waals surface area contributed by atoms with Gasteiger partial charge in [0.1, 0.15) is 0 Å². The first-order valence-corrected chi connectivity index (χ1v) is 6.57. The molecule has 0 spiro atoms. The van der Waals surface area contributed by atoms with Crippen LogP contribution in [0, 0.1) is 4.77 Å². The van der Waals surface area contributed by atoms with Gasteiger partial charge in [-0.2, -0.15) is 0 Å². The summed E-state index contributed by atoms with van der Waals surface area (Å²) in [4.78, 5) is 17.0. The molecule has 0 aliphatic heterocycles. The summed E-state index contributed by atoms with van der Waals surface area (Å²) in [5.74, 6) is -0.174. The highest BCUT2D eigenvalue weighted by Crippen LogP contribution is 2.22. The molecular formula is C15H12N2O2S. The number of nitrogens with one attached hydrogen (secondary N) is 2. The lowest BCUT2D eigenvalue weighted by molar-refractivity contribution is 0.443. The van der Waals surface area contributed by atoms with Crippen LogP contribution < -0.4 is 5.56 Å². The van der Waals surface area contributed by atoms with Crippen LogP contribution in [0.2, 0.25) is 0 Å². The lowest BCUT2D eigenvalue weighted by Gasteiger charge is -2.07. The maximum Gasteiger partial charge on any atom is 0.259 e. The van der Waals surface area contributed by atoms with Gasteiger partial charge in [0.05, 0.1) is 5.56 Å². The Hall–Kier alpha value is -2.40. The van der Waals surface area contributed by atoms with Crippen molar-refractivity contribution >= 4 is 23.0 Å². The van der Waals surface area contributed by atoms with E-state index in [-0.39, 0.29) is 21.8 Å². The number of hydrogen-bond donors (Lipinski definition) is 3. The van der Waals surface area contributed by atoms with E-state index in [1.807, 2.05) is 42.5 Å². The van der Waals surface area contributed by atoms with E-state index in [4.69, 9.17) is 12.2 Å². The van der Waals surface area contributed by atoms with E-state index in [0.717, 1.165) is 16.3 Å². The molecule has 0 amide bonds. The van der Waals surface area contributed by atoms with E-state index >= 15 is 0 Å². The van der Waals surface area contributed by atoms with Gasteiger partial charge in [0, 0.05) is 6.42 Å². The van der Waals surface area contributed by atoms with Crippen molar-refractivity contribution in [2.24, 2.45) is 0 Å². The quantitative estimate of drug-likeness (QED) is 0.634. The molecule has 1 heterocycles. The summed E-state index contributed by atoms with van der Waals surface area (Å²) < 4.78 is 0.120. The van der Waals surface area contributed by atoms with E-state index in [9.17, 15) is 9.90 Å². The van der Waals surface area contributed by atoms with Crippen molar-refractivity contribution in [3.05, 3.63) is 68.7 Å². The van der Waals surface area contributed by atoms with Crippen LogP contribution in [-0.4, -0.2) is 15.1 Å². The number of aromatic hydroxyl groups is 1. The van der Waals surface area contributed by atoms with E-state index in [0.29, 0.717) is 6.42 Å². The van der Waals surface area contributed by atoms with Gasteiger partial charge in [-0.05, 0) is 28.6 Å². The van der Waals surface area contributed by atoms with Gasteiger partial charge in [-0.3, -0.25) is 9.78 Å². The molecule has 20 heavy (non-hydrogen) atoms. The molecule has 1 aromatic heterocycles. The molecule has 5 heteroatoms. The zero-order valence-electron chi connectivity index (χ0n) is 10.5. The molecule has 0 atom stereocenters. The lowest BCUT2D eigenvalue weighted by atomic mass is 9.99. The molecule has 100 valence electrons. The monoisotopic (exact) mass is 284 g/mol. The average molecular weight is 284 g/mol. The van der Waals surface area contributed by atoms with Gasteiger partial charge < -0.3 is 10.1 Å². The minimum absolute atomic E-state index is 0.120. The van der Waals surface area contributed by atoms with Crippen molar-refractivity contribution < 1.29 is 5.11 Å². The molecule has 3 N–H and O–H groups in total. The van der Waals surface area contributed by atoms with E-state index in [2.05, 4.69) is 9.97 Å². The normalized spacial score (nSPS) is 10.8. The van der Waals surface area contributed by atoms with Crippen LogP contribution in [-0.2, 0) is 6.42 Å². The average Bonchev–Trinajstić information content (AvgIpc) is 2.43. The van der Waals surface area contributed by atoms with Crippen molar-refractivity contribution in [2.45, 2.75) is 6.42 Å². The molecular weight excluding hydrogens is 272 g/mol. The summed E-state index contributed by atoms with van der Waals surface area (Å²) in [6.45, 7) is 0. The lowest BCUT2D eigenvalue weighted by Crippen LogP contribution is -2.14. The van der Waals surface area contributed by atoms with Crippen LogP contribution >= 0.6 is 12.2 Å². The summed E-state index contributed by atoms with van der Waals surface area (Å²) in [6, 6.07) is 13.8. The smallest absolute Gasteiger partial charge is 0.259 e. The van der Waals surface area contributed by atoms with Gasteiger partial charge >= 0.3 is 0 Å². The second-order valence-corrected chi connectivity index (χ2v) is 4.96. The number of benzene rings is 2. The van der Waals surface area contributed by atoms with Crippen molar-refractivity contribution in [2.75, 3.05) is 0 Å². The zero-order chi connectivity index (χ0) is 14.1. The van der Waals surface area contributed by atoms with Crippen LogP contribution in [0.4, 0.5) is 0 Å². The Morgan fingerprint density at radius 1 is 1.05 bits per heavy atom. The largest absolute Gasteiger partial charge is 0.494 e. The minimum atomic E-state index is -0.362. The van der Waals surface area contributed by atoms with Crippen molar-refractivity contribution in [1.82, 2.24) is 9.97 Å². The Morgan fingerprint density at radius 2 is 1.80 bits per heavy atom.